The first kappa shape index (κ1) is 26.7. The van der Waals surface area contributed by atoms with Crippen molar-refractivity contribution in [2.75, 3.05) is 49.5 Å². The molecule has 2 aromatic rings. The van der Waals surface area contributed by atoms with Gasteiger partial charge in [-0.2, -0.15) is 0 Å². The van der Waals surface area contributed by atoms with E-state index in [0.717, 1.165) is 36.9 Å². The van der Waals surface area contributed by atoms with E-state index in [9.17, 15) is 14.4 Å². The van der Waals surface area contributed by atoms with Gasteiger partial charge < -0.3 is 20.0 Å². The molecule has 0 radical (unpaired) electrons. The van der Waals surface area contributed by atoms with Crippen LogP contribution in [0.15, 0.2) is 48.5 Å². The summed E-state index contributed by atoms with van der Waals surface area (Å²) in [6.07, 6.45) is 3.73. The van der Waals surface area contributed by atoms with Crippen molar-refractivity contribution >= 4 is 29.1 Å². The summed E-state index contributed by atoms with van der Waals surface area (Å²) < 4.78 is 0. The van der Waals surface area contributed by atoms with Gasteiger partial charge in [0.2, 0.25) is 11.8 Å². The van der Waals surface area contributed by atoms with Gasteiger partial charge in [-0.1, -0.05) is 43.7 Å². The molecule has 4 rings (SSSR count). The highest BCUT2D eigenvalue weighted by Gasteiger charge is 2.30. The SMILES string of the molecule is CCC(C(=O)N1CCN(c2ccc(NC(=O)C3CCC3)cc2C(=O)N(CC)CC)CC1)c1ccccc1. The van der Waals surface area contributed by atoms with E-state index in [1.807, 2.05) is 72.2 Å². The molecule has 1 aliphatic carbocycles. The van der Waals surface area contributed by atoms with Gasteiger partial charge in [0, 0.05) is 56.6 Å². The van der Waals surface area contributed by atoms with E-state index < -0.39 is 0 Å². The van der Waals surface area contributed by atoms with Crippen LogP contribution in [-0.4, -0.2) is 66.8 Å². The average molecular weight is 505 g/mol. The molecule has 7 nitrogen and oxygen atoms in total. The summed E-state index contributed by atoms with van der Waals surface area (Å²) in [5, 5.41) is 3.02. The molecule has 37 heavy (non-hydrogen) atoms. The third kappa shape index (κ3) is 5.97. The normalized spacial score (nSPS) is 16.6. The fourth-order valence-electron chi connectivity index (χ4n) is 5.28. The summed E-state index contributed by atoms with van der Waals surface area (Å²) in [4.78, 5) is 45.3. The van der Waals surface area contributed by atoms with E-state index in [-0.39, 0.29) is 29.6 Å². The fraction of sp³-hybridized carbons (Fsp3) is 0.500. The van der Waals surface area contributed by atoms with Crippen LogP contribution in [0, 0.1) is 5.92 Å². The second kappa shape index (κ2) is 12.3. The Morgan fingerprint density at radius 2 is 1.62 bits per heavy atom. The minimum atomic E-state index is -0.133. The first-order chi connectivity index (χ1) is 18.0. The van der Waals surface area contributed by atoms with Crippen LogP contribution >= 0.6 is 0 Å². The molecule has 198 valence electrons. The van der Waals surface area contributed by atoms with Crippen LogP contribution in [0.1, 0.15) is 68.3 Å². The number of nitrogens with zero attached hydrogens (tertiary/aromatic N) is 3. The molecule has 0 bridgehead atoms. The Labute approximate surface area is 220 Å². The molecule has 1 saturated carbocycles. The Bertz CT molecular complexity index is 1090. The highest BCUT2D eigenvalue weighted by molar-refractivity contribution is 6.02. The van der Waals surface area contributed by atoms with Crippen molar-refractivity contribution in [1.82, 2.24) is 9.80 Å². The summed E-state index contributed by atoms with van der Waals surface area (Å²) in [6.45, 7) is 9.79. The average Bonchev–Trinajstić information content (AvgIpc) is 2.89. The van der Waals surface area contributed by atoms with Crippen LogP contribution in [-0.2, 0) is 9.59 Å². The maximum absolute atomic E-state index is 13.5. The standard InChI is InChI=1S/C30H40N4O3/c1-4-25(22-11-8-7-9-12-22)29(36)34-19-17-33(18-20-34)27-16-15-24(31-28(35)23-13-10-14-23)21-26(27)30(37)32(5-2)6-3/h7-9,11-12,15-16,21,23,25H,4-6,10,13-14,17-20H2,1-3H3,(H,31,35). The zero-order valence-corrected chi connectivity index (χ0v) is 22.4. The van der Waals surface area contributed by atoms with E-state index in [0.29, 0.717) is 50.5 Å². The van der Waals surface area contributed by atoms with Crippen molar-refractivity contribution in [2.24, 2.45) is 5.92 Å². The Kier molecular flexibility index (Phi) is 8.85. The minimum Gasteiger partial charge on any atom is -0.367 e. The van der Waals surface area contributed by atoms with Gasteiger partial charge in [0.05, 0.1) is 11.5 Å². The van der Waals surface area contributed by atoms with Gasteiger partial charge in [0.15, 0.2) is 0 Å². The Morgan fingerprint density at radius 3 is 2.19 bits per heavy atom. The van der Waals surface area contributed by atoms with Crippen molar-refractivity contribution < 1.29 is 14.4 Å². The molecule has 2 aliphatic rings. The van der Waals surface area contributed by atoms with Gasteiger partial charge in [-0.15, -0.1) is 0 Å². The molecule has 0 aromatic heterocycles. The smallest absolute Gasteiger partial charge is 0.256 e. The Hall–Kier alpha value is -3.35. The summed E-state index contributed by atoms with van der Waals surface area (Å²) in [7, 11) is 0. The molecule has 1 heterocycles. The van der Waals surface area contributed by atoms with E-state index in [1.165, 1.54) is 0 Å². The molecule has 1 aliphatic heterocycles. The number of nitrogens with one attached hydrogen (secondary N) is 1. The van der Waals surface area contributed by atoms with Crippen molar-refractivity contribution in [1.29, 1.82) is 0 Å². The predicted molar refractivity (Wildman–Crippen MR) is 148 cm³/mol. The highest BCUT2D eigenvalue weighted by atomic mass is 16.2. The summed E-state index contributed by atoms with van der Waals surface area (Å²) in [6, 6.07) is 15.7. The lowest BCUT2D eigenvalue weighted by Gasteiger charge is -2.38. The number of benzene rings is 2. The predicted octanol–water partition coefficient (Wildman–Crippen LogP) is 4.75. The second-order valence-electron chi connectivity index (χ2n) is 10.0. The van der Waals surface area contributed by atoms with Crippen molar-refractivity contribution in [2.45, 2.75) is 52.4 Å². The monoisotopic (exact) mass is 504 g/mol. The first-order valence-electron chi connectivity index (χ1n) is 13.8. The molecule has 0 spiro atoms. The largest absolute Gasteiger partial charge is 0.367 e. The van der Waals surface area contributed by atoms with E-state index >= 15 is 0 Å². The molecule has 1 saturated heterocycles. The van der Waals surface area contributed by atoms with Gasteiger partial charge in [-0.25, -0.2) is 0 Å². The van der Waals surface area contributed by atoms with Crippen LogP contribution < -0.4 is 10.2 Å². The van der Waals surface area contributed by atoms with Gasteiger partial charge >= 0.3 is 0 Å². The lowest BCUT2D eigenvalue weighted by atomic mass is 9.85. The topological polar surface area (TPSA) is 73.0 Å². The first-order valence-corrected chi connectivity index (χ1v) is 13.8. The van der Waals surface area contributed by atoms with E-state index in [1.54, 1.807) is 0 Å². The summed E-state index contributed by atoms with van der Waals surface area (Å²) in [5.74, 6) is 0.118. The molecular formula is C30H40N4O3. The lowest BCUT2D eigenvalue weighted by Crippen LogP contribution is -2.50. The Morgan fingerprint density at radius 1 is 0.946 bits per heavy atom. The molecule has 2 aromatic carbocycles. The molecule has 1 N–H and O–H groups in total. The number of anilines is 2. The fourth-order valence-corrected chi connectivity index (χ4v) is 5.28. The van der Waals surface area contributed by atoms with Crippen LogP contribution in [0.4, 0.5) is 11.4 Å². The zero-order chi connectivity index (χ0) is 26.4. The van der Waals surface area contributed by atoms with E-state index in [4.69, 9.17) is 0 Å². The molecule has 1 atom stereocenters. The molecular weight excluding hydrogens is 464 g/mol. The van der Waals surface area contributed by atoms with Gasteiger partial charge in [0.25, 0.3) is 5.91 Å². The molecule has 7 heteroatoms. The molecule has 2 fully saturated rings. The van der Waals surface area contributed by atoms with Crippen molar-refractivity contribution in [3.8, 4) is 0 Å². The van der Waals surface area contributed by atoms with Gasteiger partial charge in [-0.05, 0) is 56.9 Å². The maximum Gasteiger partial charge on any atom is 0.256 e. The quantitative estimate of drug-likeness (QED) is 0.535. The minimum absolute atomic E-state index is 0.0339. The second-order valence-corrected chi connectivity index (χ2v) is 10.0. The molecule has 3 amide bonds. The van der Waals surface area contributed by atoms with Gasteiger partial charge in [-0.3, -0.25) is 14.4 Å². The van der Waals surface area contributed by atoms with Crippen molar-refractivity contribution in [3.63, 3.8) is 0 Å². The maximum atomic E-state index is 13.5. The number of carbonyl (C=O) groups excluding carboxylic acids is 3. The lowest BCUT2D eigenvalue weighted by molar-refractivity contribution is -0.133. The third-order valence-electron chi connectivity index (χ3n) is 7.86. The number of hydrogen-bond donors (Lipinski definition) is 1. The van der Waals surface area contributed by atoms with Crippen LogP contribution in [0.3, 0.4) is 0 Å². The van der Waals surface area contributed by atoms with Gasteiger partial charge in [0.1, 0.15) is 0 Å². The summed E-state index contributed by atoms with van der Waals surface area (Å²) >= 11 is 0. The van der Waals surface area contributed by atoms with Crippen LogP contribution in [0.2, 0.25) is 0 Å². The summed E-state index contributed by atoms with van der Waals surface area (Å²) in [5.41, 5.74) is 3.19. The number of hydrogen-bond acceptors (Lipinski definition) is 4. The number of amides is 3. The third-order valence-corrected chi connectivity index (χ3v) is 7.86. The van der Waals surface area contributed by atoms with E-state index in [2.05, 4.69) is 17.1 Å². The Balaban J connectivity index is 1.50. The highest BCUT2D eigenvalue weighted by Crippen LogP contribution is 2.31. The number of rotatable bonds is 9. The van der Waals surface area contributed by atoms with Crippen molar-refractivity contribution in [3.05, 3.63) is 59.7 Å². The van der Waals surface area contributed by atoms with Crippen LogP contribution in [0.5, 0.6) is 0 Å². The number of piperazine rings is 1. The molecule has 1 unspecified atom stereocenters. The number of carbonyl (C=O) groups is 3. The van der Waals surface area contributed by atoms with Crippen LogP contribution in [0.25, 0.3) is 0 Å². The zero-order valence-electron chi connectivity index (χ0n) is 22.4.